The molecule has 2 bridgehead atoms. The monoisotopic (exact) mass is 239 g/mol. The Labute approximate surface area is 99.7 Å². The summed E-state index contributed by atoms with van der Waals surface area (Å²) in [4.78, 5) is 25.3. The van der Waals surface area contributed by atoms with Crippen molar-refractivity contribution in [3.8, 4) is 0 Å². The molecule has 0 radical (unpaired) electrons. The fraction of sp³-hybridized carbons (Fsp3) is 0.833. The number of amides is 1. The van der Waals surface area contributed by atoms with Crippen LogP contribution in [0, 0.1) is 11.8 Å². The van der Waals surface area contributed by atoms with Crippen LogP contribution in [0.2, 0.25) is 0 Å². The third-order valence-corrected chi connectivity index (χ3v) is 4.39. The third-order valence-electron chi connectivity index (χ3n) is 4.39. The van der Waals surface area contributed by atoms with Crippen LogP contribution in [-0.2, 0) is 14.3 Å². The standard InChI is InChI=1S/C12H17NO4/c14-11(7-3-4-17-6-7)13-8-1-2-10(13)9(5-8)12(15)16/h7-10H,1-6H2,(H,15,16). The minimum Gasteiger partial charge on any atom is -0.481 e. The van der Waals surface area contributed by atoms with E-state index in [4.69, 9.17) is 9.84 Å². The molecule has 4 atom stereocenters. The third kappa shape index (κ3) is 1.64. The molecule has 0 aromatic rings. The summed E-state index contributed by atoms with van der Waals surface area (Å²) in [6.07, 6.45) is 3.24. The first-order chi connectivity index (χ1) is 8.18. The van der Waals surface area contributed by atoms with Gasteiger partial charge in [-0.1, -0.05) is 0 Å². The highest BCUT2D eigenvalue weighted by Crippen LogP contribution is 2.43. The average Bonchev–Trinajstić information content (AvgIpc) is 3.03. The Hall–Kier alpha value is -1.10. The number of carbonyl (C=O) groups is 2. The highest BCUT2D eigenvalue weighted by molar-refractivity contribution is 5.82. The molecular formula is C12H17NO4. The van der Waals surface area contributed by atoms with E-state index in [9.17, 15) is 9.59 Å². The number of aliphatic carboxylic acids is 1. The lowest BCUT2D eigenvalue weighted by molar-refractivity contribution is -0.143. The van der Waals surface area contributed by atoms with Gasteiger partial charge in [0.05, 0.1) is 18.4 Å². The molecule has 0 aliphatic carbocycles. The second kappa shape index (κ2) is 3.98. The molecular weight excluding hydrogens is 222 g/mol. The van der Waals surface area contributed by atoms with E-state index in [1.807, 2.05) is 4.90 Å². The first-order valence-corrected chi connectivity index (χ1v) is 6.31. The number of carboxylic acid groups (broad SMARTS) is 1. The summed E-state index contributed by atoms with van der Waals surface area (Å²) in [6, 6.07) is 0.0970. The maximum absolute atomic E-state index is 12.3. The number of carbonyl (C=O) groups excluding carboxylic acids is 1. The van der Waals surface area contributed by atoms with Gasteiger partial charge in [0, 0.05) is 18.7 Å². The Bertz CT molecular complexity index is 350. The smallest absolute Gasteiger partial charge is 0.308 e. The Kier molecular flexibility index (Phi) is 2.58. The largest absolute Gasteiger partial charge is 0.481 e. The minimum atomic E-state index is -0.752. The van der Waals surface area contributed by atoms with Crippen LogP contribution in [0.25, 0.3) is 0 Å². The first kappa shape index (κ1) is 11.0. The zero-order chi connectivity index (χ0) is 12.0. The molecule has 3 heterocycles. The van der Waals surface area contributed by atoms with E-state index < -0.39 is 5.97 Å². The Morgan fingerprint density at radius 1 is 1.24 bits per heavy atom. The van der Waals surface area contributed by atoms with Crippen molar-refractivity contribution in [1.82, 2.24) is 4.90 Å². The molecule has 0 spiro atoms. The van der Waals surface area contributed by atoms with E-state index in [0.717, 1.165) is 19.3 Å². The van der Waals surface area contributed by atoms with Gasteiger partial charge in [-0.2, -0.15) is 0 Å². The van der Waals surface area contributed by atoms with Crippen LogP contribution in [0.5, 0.6) is 0 Å². The van der Waals surface area contributed by atoms with E-state index in [0.29, 0.717) is 19.6 Å². The van der Waals surface area contributed by atoms with E-state index >= 15 is 0 Å². The van der Waals surface area contributed by atoms with Crippen molar-refractivity contribution in [3.05, 3.63) is 0 Å². The SMILES string of the molecule is O=C(O)C1CC2CCC1N2C(=O)C1CCOC1. The van der Waals surface area contributed by atoms with E-state index in [-0.39, 0.29) is 29.8 Å². The summed E-state index contributed by atoms with van der Waals surface area (Å²) in [5.74, 6) is -1.01. The molecule has 3 aliphatic heterocycles. The van der Waals surface area contributed by atoms with Crippen LogP contribution in [0.15, 0.2) is 0 Å². The van der Waals surface area contributed by atoms with Crippen LogP contribution in [-0.4, -0.2) is 47.2 Å². The zero-order valence-corrected chi connectivity index (χ0v) is 9.67. The Morgan fingerprint density at radius 3 is 2.65 bits per heavy atom. The van der Waals surface area contributed by atoms with Gasteiger partial charge < -0.3 is 14.7 Å². The molecule has 1 N–H and O–H groups in total. The molecule has 3 rings (SSSR count). The average molecular weight is 239 g/mol. The number of fused-ring (bicyclic) bond motifs is 2. The number of hydrogen-bond donors (Lipinski definition) is 1. The zero-order valence-electron chi connectivity index (χ0n) is 9.67. The highest BCUT2D eigenvalue weighted by Gasteiger charge is 2.52. The topological polar surface area (TPSA) is 66.8 Å². The van der Waals surface area contributed by atoms with Gasteiger partial charge in [0.1, 0.15) is 0 Å². The van der Waals surface area contributed by atoms with Gasteiger partial charge in [-0.3, -0.25) is 9.59 Å². The predicted molar refractivity (Wildman–Crippen MR) is 58.3 cm³/mol. The summed E-state index contributed by atoms with van der Waals surface area (Å²) >= 11 is 0. The van der Waals surface area contributed by atoms with Crippen LogP contribution >= 0.6 is 0 Å². The number of ether oxygens (including phenoxy) is 1. The second-order valence-electron chi connectivity index (χ2n) is 5.28. The van der Waals surface area contributed by atoms with E-state index in [1.165, 1.54) is 0 Å². The summed E-state index contributed by atoms with van der Waals surface area (Å²) in [5, 5.41) is 9.14. The molecule has 1 amide bonds. The Balaban J connectivity index is 1.76. The van der Waals surface area contributed by atoms with Crippen LogP contribution in [0.1, 0.15) is 25.7 Å². The molecule has 4 unspecified atom stereocenters. The summed E-state index contributed by atoms with van der Waals surface area (Å²) in [5.41, 5.74) is 0. The molecule has 3 aliphatic rings. The number of hydrogen-bond acceptors (Lipinski definition) is 3. The fourth-order valence-electron chi connectivity index (χ4n) is 3.54. The molecule has 94 valence electrons. The minimum absolute atomic E-state index is 0.0364. The van der Waals surface area contributed by atoms with Crippen molar-refractivity contribution < 1.29 is 19.4 Å². The quantitative estimate of drug-likeness (QED) is 0.761. The lowest BCUT2D eigenvalue weighted by Crippen LogP contribution is -2.41. The number of carboxylic acids is 1. The van der Waals surface area contributed by atoms with Gasteiger partial charge in [-0.15, -0.1) is 0 Å². The van der Waals surface area contributed by atoms with E-state index in [2.05, 4.69) is 0 Å². The molecule has 17 heavy (non-hydrogen) atoms. The second-order valence-corrected chi connectivity index (χ2v) is 5.28. The normalized spacial score (nSPS) is 39.9. The molecule has 0 aromatic heterocycles. The van der Waals surface area contributed by atoms with Gasteiger partial charge in [0.15, 0.2) is 0 Å². The molecule has 3 fully saturated rings. The molecule has 5 nitrogen and oxygen atoms in total. The molecule has 5 heteroatoms. The van der Waals surface area contributed by atoms with Crippen LogP contribution in [0.4, 0.5) is 0 Å². The maximum atomic E-state index is 12.3. The molecule has 0 saturated carbocycles. The van der Waals surface area contributed by atoms with Gasteiger partial charge in [-0.25, -0.2) is 0 Å². The molecule has 3 saturated heterocycles. The van der Waals surface area contributed by atoms with Gasteiger partial charge in [-0.05, 0) is 25.7 Å². The molecule has 0 aromatic carbocycles. The van der Waals surface area contributed by atoms with Crippen molar-refractivity contribution in [1.29, 1.82) is 0 Å². The van der Waals surface area contributed by atoms with Gasteiger partial charge in [0.25, 0.3) is 0 Å². The summed E-state index contributed by atoms with van der Waals surface area (Å²) < 4.78 is 5.24. The lowest BCUT2D eigenvalue weighted by atomic mass is 9.89. The van der Waals surface area contributed by atoms with Crippen molar-refractivity contribution in [2.75, 3.05) is 13.2 Å². The maximum Gasteiger partial charge on any atom is 0.308 e. The highest BCUT2D eigenvalue weighted by atomic mass is 16.5. The van der Waals surface area contributed by atoms with Crippen molar-refractivity contribution >= 4 is 11.9 Å². The predicted octanol–water partition coefficient (Wildman–Crippen LogP) is 0.487. The summed E-state index contributed by atoms with van der Waals surface area (Å²) in [6.45, 7) is 1.16. The van der Waals surface area contributed by atoms with E-state index in [1.54, 1.807) is 0 Å². The van der Waals surface area contributed by atoms with Crippen molar-refractivity contribution in [3.63, 3.8) is 0 Å². The van der Waals surface area contributed by atoms with Gasteiger partial charge in [0.2, 0.25) is 5.91 Å². The fourth-order valence-corrected chi connectivity index (χ4v) is 3.54. The van der Waals surface area contributed by atoms with Crippen LogP contribution in [0.3, 0.4) is 0 Å². The van der Waals surface area contributed by atoms with Crippen molar-refractivity contribution in [2.24, 2.45) is 11.8 Å². The number of nitrogens with zero attached hydrogens (tertiary/aromatic N) is 1. The van der Waals surface area contributed by atoms with Crippen molar-refractivity contribution in [2.45, 2.75) is 37.8 Å². The number of rotatable bonds is 2. The lowest BCUT2D eigenvalue weighted by Gasteiger charge is -2.25. The van der Waals surface area contributed by atoms with Gasteiger partial charge >= 0.3 is 5.97 Å². The first-order valence-electron chi connectivity index (χ1n) is 6.31. The Morgan fingerprint density at radius 2 is 2.06 bits per heavy atom. The summed E-state index contributed by atoms with van der Waals surface area (Å²) in [7, 11) is 0. The van der Waals surface area contributed by atoms with Crippen LogP contribution < -0.4 is 0 Å².